The predicted octanol–water partition coefficient (Wildman–Crippen LogP) is 1.18. The lowest BCUT2D eigenvalue weighted by atomic mass is 9.97. The molecular weight excluding hydrogens is 244 g/mol. The Morgan fingerprint density at radius 2 is 1.84 bits per heavy atom. The van der Waals surface area contributed by atoms with Crippen molar-refractivity contribution >= 4 is 11.9 Å². The van der Waals surface area contributed by atoms with Gasteiger partial charge in [0, 0.05) is 31.6 Å². The number of carbonyl (C=O) groups excluding carboxylic acids is 2. The molecule has 0 bridgehead atoms. The van der Waals surface area contributed by atoms with E-state index in [1.54, 1.807) is 0 Å². The Balaban J connectivity index is 2.27. The largest absolute Gasteiger partial charge is 0.469 e. The summed E-state index contributed by atoms with van der Waals surface area (Å²) in [4.78, 5) is 25.2. The molecule has 0 spiro atoms. The van der Waals surface area contributed by atoms with Crippen LogP contribution in [0.5, 0.6) is 0 Å². The van der Waals surface area contributed by atoms with Gasteiger partial charge in [0.2, 0.25) is 5.91 Å². The first kappa shape index (κ1) is 16.0. The van der Waals surface area contributed by atoms with Crippen molar-refractivity contribution in [1.82, 2.24) is 10.2 Å². The van der Waals surface area contributed by atoms with Crippen LogP contribution in [0.25, 0.3) is 0 Å². The van der Waals surface area contributed by atoms with Crippen LogP contribution in [0, 0.1) is 5.92 Å². The van der Waals surface area contributed by atoms with Gasteiger partial charge in [-0.05, 0) is 33.6 Å². The van der Waals surface area contributed by atoms with Gasteiger partial charge in [-0.2, -0.15) is 0 Å². The molecule has 1 heterocycles. The number of likely N-dealkylation sites (tertiary alicyclic amines) is 1. The zero-order valence-electron chi connectivity index (χ0n) is 12.5. The molecule has 1 fully saturated rings. The van der Waals surface area contributed by atoms with Crippen LogP contribution in [-0.2, 0) is 14.3 Å². The van der Waals surface area contributed by atoms with Crippen LogP contribution >= 0.6 is 0 Å². The third kappa shape index (κ3) is 5.59. The van der Waals surface area contributed by atoms with Crippen LogP contribution in [0.4, 0.5) is 0 Å². The standard InChI is InChI=1S/C14H26N2O3/c1-14(2,3)15-8-5-12(17)16-9-6-11(7-10-16)13(18)19-4/h11,15H,5-10H2,1-4H3. The summed E-state index contributed by atoms with van der Waals surface area (Å²) >= 11 is 0. The highest BCUT2D eigenvalue weighted by molar-refractivity contribution is 5.77. The number of amides is 1. The Morgan fingerprint density at radius 3 is 2.32 bits per heavy atom. The third-order valence-corrected chi connectivity index (χ3v) is 3.38. The average Bonchev–Trinajstić information content (AvgIpc) is 2.36. The molecule has 0 aliphatic carbocycles. The number of methoxy groups -OCH3 is 1. The van der Waals surface area contributed by atoms with Gasteiger partial charge in [-0.25, -0.2) is 0 Å². The normalized spacial score (nSPS) is 17.4. The molecule has 1 saturated heterocycles. The molecule has 0 unspecified atom stereocenters. The third-order valence-electron chi connectivity index (χ3n) is 3.38. The fourth-order valence-corrected chi connectivity index (χ4v) is 2.23. The fraction of sp³-hybridized carbons (Fsp3) is 0.857. The SMILES string of the molecule is COC(=O)C1CCN(C(=O)CCNC(C)(C)C)CC1. The highest BCUT2D eigenvalue weighted by Crippen LogP contribution is 2.18. The van der Waals surface area contributed by atoms with Gasteiger partial charge in [-0.1, -0.05) is 0 Å². The maximum absolute atomic E-state index is 12.0. The molecule has 1 amide bonds. The summed E-state index contributed by atoms with van der Waals surface area (Å²) in [6.07, 6.45) is 1.94. The van der Waals surface area contributed by atoms with Crippen molar-refractivity contribution in [2.45, 2.75) is 45.6 Å². The Hall–Kier alpha value is -1.10. The fourth-order valence-electron chi connectivity index (χ4n) is 2.23. The zero-order chi connectivity index (χ0) is 14.5. The van der Waals surface area contributed by atoms with Crippen molar-refractivity contribution < 1.29 is 14.3 Å². The minimum Gasteiger partial charge on any atom is -0.469 e. The van der Waals surface area contributed by atoms with E-state index in [4.69, 9.17) is 4.74 Å². The van der Waals surface area contributed by atoms with E-state index < -0.39 is 0 Å². The van der Waals surface area contributed by atoms with E-state index in [1.807, 2.05) is 4.90 Å². The molecule has 0 aromatic carbocycles. The van der Waals surface area contributed by atoms with Gasteiger partial charge in [0.05, 0.1) is 13.0 Å². The molecule has 5 heteroatoms. The Labute approximate surface area is 115 Å². The lowest BCUT2D eigenvalue weighted by Gasteiger charge is -2.31. The van der Waals surface area contributed by atoms with Crippen molar-refractivity contribution in [3.8, 4) is 0 Å². The van der Waals surface area contributed by atoms with Crippen LogP contribution in [-0.4, -0.2) is 49.1 Å². The number of rotatable bonds is 4. The second-order valence-corrected chi connectivity index (χ2v) is 6.10. The molecule has 5 nitrogen and oxygen atoms in total. The van der Waals surface area contributed by atoms with Crippen molar-refractivity contribution in [3.05, 3.63) is 0 Å². The Bertz CT molecular complexity index is 315. The Morgan fingerprint density at radius 1 is 1.26 bits per heavy atom. The molecule has 1 N–H and O–H groups in total. The van der Waals surface area contributed by atoms with Crippen LogP contribution in [0.1, 0.15) is 40.0 Å². The predicted molar refractivity (Wildman–Crippen MR) is 73.7 cm³/mol. The molecule has 0 aromatic rings. The van der Waals surface area contributed by atoms with E-state index in [1.165, 1.54) is 7.11 Å². The molecule has 1 aliphatic rings. The van der Waals surface area contributed by atoms with Crippen molar-refractivity contribution in [3.63, 3.8) is 0 Å². The van der Waals surface area contributed by atoms with Crippen LogP contribution in [0.2, 0.25) is 0 Å². The number of hydrogen-bond acceptors (Lipinski definition) is 4. The molecule has 19 heavy (non-hydrogen) atoms. The first-order chi connectivity index (χ1) is 8.83. The van der Waals surface area contributed by atoms with E-state index in [2.05, 4.69) is 26.1 Å². The quantitative estimate of drug-likeness (QED) is 0.779. The van der Waals surface area contributed by atoms with Gasteiger partial charge in [0.15, 0.2) is 0 Å². The number of nitrogens with zero attached hydrogens (tertiary/aromatic N) is 1. The molecule has 0 aromatic heterocycles. The highest BCUT2D eigenvalue weighted by Gasteiger charge is 2.27. The topological polar surface area (TPSA) is 58.6 Å². The van der Waals surface area contributed by atoms with Crippen molar-refractivity contribution in [2.75, 3.05) is 26.7 Å². The van der Waals surface area contributed by atoms with Crippen LogP contribution in [0.15, 0.2) is 0 Å². The molecule has 0 radical (unpaired) electrons. The summed E-state index contributed by atoms with van der Waals surface area (Å²) in [7, 11) is 1.41. The minimum absolute atomic E-state index is 0.0398. The number of ether oxygens (including phenoxy) is 1. The second kappa shape index (κ2) is 6.89. The highest BCUT2D eigenvalue weighted by atomic mass is 16.5. The smallest absolute Gasteiger partial charge is 0.308 e. The number of nitrogens with one attached hydrogen (secondary N) is 1. The van der Waals surface area contributed by atoms with Gasteiger partial charge in [0.25, 0.3) is 0 Å². The average molecular weight is 270 g/mol. The van der Waals surface area contributed by atoms with Gasteiger partial charge in [-0.3, -0.25) is 9.59 Å². The summed E-state index contributed by atoms with van der Waals surface area (Å²) in [6.45, 7) is 8.26. The summed E-state index contributed by atoms with van der Waals surface area (Å²) in [6, 6.07) is 0. The lowest BCUT2D eigenvalue weighted by molar-refractivity contribution is -0.148. The molecule has 1 rings (SSSR count). The van der Waals surface area contributed by atoms with Gasteiger partial charge in [-0.15, -0.1) is 0 Å². The zero-order valence-corrected chi connectivity index (χ0v) is 12.5. The van der Waals surface area contributed by atoms with E-state index in [0.29, 0.717) is 38.9 Å². The maximum Gasteiger partial charge on any atom is 0.308 e. The first-order valence-electron chi connectivity index (χ1n) is 6.94. The summed E-state index contributed by atoms with van der Waals surface area (Å²) in [5.41, 5.74) is 0.0398. The summed E-state index contributed by atoms with van der Waals surface area (Å²) in [5, 5.41) is 3.31. The minimum atomic E-state index is -0.151. The van der Waals surface area contributed by atoms with Gasteiger partial charge >= 0.3 is 5.97 Å². The molecule has 110 valence electrons. The van der Waals surface area contributed by atoms with Gasteiger partial charge in [0.1, 0.15) is 0 Å². The molecule has 1 aliphatic heterocycles. The monoisotopic (exact) mass is 270 g/mol. The second-order valence-electron chi connectivity index (χ2n) is 6.10. The first-order valence-corrected chi connectivity index (χ1v) is 6.94. The Kier molecular flexibility index (Phi) is 5.79. The summed E-state index contributed by atoms with van der Waals surface area (Å²) < 4.78 is 4.74. The van der Waals surface area contributed by atoms with Crippen LogP contribution < -0.4 is 5.32 Å². The van der Waals surface area contributed by atoms with Crippen molar-refractivity contribution in [1.29, 1.82) is 0 Å². The van der Waals surface area contributed by atoms with Crippen molar-refractivity contribution in [2.24, 2.45) is 5.92 Å². The van der Waals surface area contributed by atoms with E-state index in [9.17, 15) is 9.59 Å². The number of carbonyl (C=O) groups is 2. The maximum atomic E-state index is 12.0. The number of hydrogen-bond donors (Lipinski definition) is 1. The number of esters is 1. The van der Waals surface area contributed by atoms with E-state index in [0.717, 1.165) is 0 Å². The van der Waals surface area contributed by atoms with Gasteiger partial charge < -0.3 is 15.0 Å². The molecule has 0 atom stereocenters. The van der Waals surface area contributed by atoms with E-state index >= 15 is 0 Å². The van der Waals surface area contributed by atoms with E-state index in [-0.39, 0.29) is 23.3 Å². The number of piperidine rings is 1. The lowest BCUT2D eigenvalue weighted by Crippen LogP contribution is -2.43. The molecule has 0 saturated carbocycles. The molecular formula is C14H26N2O3. The van der Waals surface area contributed by atoms with Crippen LogP contribution in [0.3, 0.4) is 0 Å². The summed E-state index contributed by atoms with van der Waals surface area (Å²) in [5.74, 6) is -0.0247.